The van der Waals surface area contributed by atoms with E-state index in [2.05, 4.69) is 4.98 Å². The van der Waals surface area contributed by atoms with Gasteiger partial charge in [-0.1, -0.05) is 0 Å². The fourth-order valence-electron chi connectivity index (χ4n) is 1.56. The van der Waals surface area contributed by atoms with Crippen molar-refractivity contribution in [1.82, 2.24) is 4.98 Å². The van der Waals surface area contributed by atoms with Crippen LogP contribution in [0.15, 0.2) is 5.38 Å². The topological polar surface area (TPSA) is 62.2 Å². The van der Waals surface area contributed by atoms with Gasteiger partial charge >= 0.3 is 18.9 Å². The van der Waals surface area contributed by atoms with Crippen LogP contribution in [0.4, 0.5) is 0 Å². The number of nitrogens with zero attached hydrogens (tertiary/aromatic N) is 1. The Morgan fingerprint density at radius 2 is 2.20 bits per heavy atom. The zero-order valence-corrected chi connectivity index (χ0v) is 9.38. The molecule has 1 aliphatic rings. The van der Waals surface area contributed by atoms with Crippen LogP contribution in [0.25, 0.3) is 0 Å². The fraction of sp³-hybridized carbons (Fsp3) is 0.556. The molecule has 0 bridgehead atoms. The zero-order valence-electron chi connectivity index (χ0n) is 8.56. The number of aromatic nitrogens is 1. The van der Waals surface area contributed by atoms with Crippen LogP contribution in [0.1, 0.15) is 34.3 Å². The first-order valence-corrected chi connectivity index (χ1v) is 5.40. The van der Waals surface area contributed by atoms with Crippen LogP contribution in [-0.2, 0) is 4.74 Å². The van der Waals surface area contributed by atoms with Crippen molar-refractivity contribution >= 4 is 17.3 Å². The van der Waals surface area contributed by atoms with Crippen LogP contribution in [0.5, 0.6) is 0 Å². The molecule has 1 saturated heterocycles. The van der Waals surface area contributed by atoms with E-state index in [9.17, 15) is 9.90 Å². The molecule has 0 saturated carbocycles. The van der Waals surface area contributed by atoms with Crippen LogP contribution in [0, 0.1) is 0 Å². The van der Waals surface area contributed by atoms with Gasteiger partial charge in [-0.3, -0.25) is 0 Å². The second kappa shape index (κ2) is 5.66. The van der Waals surface area contributed by atoms with E-state index < -0.39 is 5.97 Å². The summed E-state index contributed by atoms with van der Waals surface area (Å²) in [4.78, 5) is 14.5. The maximum Gasteiger partial charge on any atom is 1.00 e. The minimum atomic E-state index is -1.19. The molecule has 2 heterocycles. The largest absolute Gasteiger partial charge is 1.00 e. The van der Waals surface area contributed by atoms with Gasteiger partial charge in [-0.2, -0.15) is 0 Å². The van der Waals surface area contributed by atoms with Gasteiger partial charge in [0.15, 0.2) is 0 Å². The maximum absolute atomic E-state index is 10.5. The van der Waals surface area contributed by atoms with E-state index in [-0.39, 0.29) is 23.9 Å². The average Bonchev–Trinajstić information content (AvgIpc) is 2.68. The van der Waals surface area contributed by atoms with Gasteiger partial charge in [0.05, 0.1) is 5.69 Å². The van der Waals surface area contributed by atoms with Crippen molar-refractivity contribution in [2.45, 2.75) is 18.8 Å². The van der Waals surface area contributed by atoms with Crippen LogP contribution < -0.4 is 24.0 Å². The maximum atomic E-state index is 10.5. The van der Waals surface area contributed by atoms with E-state index >= 15 is 0 Å². The Balaban J connectivity index is 0.00000112. The summed E-state index contributed by atoms with van der Waals surface area (Å²) < 4.78 is 5.22. The number of rotatable bonds is 2. The number of carboxylic acids is 1. The molecule has 0 aromatic carbocycles. The molecular formula is C9H10LiNO3S. The van der Waals surface area contributed by atoms with Crippen molar-refractivity contribution in [3.05, 3.63) is 16.1 Å². The zero-order chi connectivity index (χ0) is 9.97. The summed E-state index contributed by atoms with van der Waals surface area (Å²) >= 11 is 1.14. The van der Waals surface area contributed by atoms with E-state index in [0.29, 0.717) is 5.92 Å². The third-order valence-corrected chi connectivity index (χ3v) is 3.18. The van der Waals surface area contributed by atoms with Crippen LogP contribution in [0.2, 0.25) is 0 Å². The minimum Gasteiger partial charge on any atom is -0.542 e. The molecule has 76 valence electrons. The molecule has 0 radical (unpaired) electrons. The number of carbonyl (C=O) groups excluding carboxylic acids is 1. The van der Waals surface area contributed by atoms with E-state index in [0.717, 1.165) is 43.1 Å². The van der Waals surface area contributed by atoms with Gasteiger partial charge < -0.3 is 14.6 Å². The second-order valence-corrected chi connectivity index (χ2v) is 4.11. The molecule has 0 atom stereocenters. The van der Waals surface area contributed by atoms with Gasteiger partial charge in [0.2, 0.25) is 0 Å². The van der Waals surface area contributed by atoms with Gasteiger partial charge in [-0.05, 0) is 12.8 Å². The minimum absolute atomic E-state index is 0. The van der Waals surface area contributed by atoms with E-state index in [4.69, 9.17) is 4.74 Å². The van der Waals surface area contributed by atoms with Crippen LogP contribution >= 0.6 is 11.3 Å². The Labute approximate surface area is 104 Å². The molecular weight excluding hydrogens is 209 g/mol. The third kappa shape index (κ3) is 3.05. The van der Waals surface area contributed by atoms with Gasteiger partial charge in [0, 0.05) is 24.5 Å². The smallest absolute Gasteiger partial charge is 0.542 e. The van der Waals surface area contributed by atoms with Gasteiger partial charge in [-0.15, -0.1) is 11.3 Å². The SMILES string of the molecule is O=C([O-])c1nc(C2CCOCC2)cs1.[Li+]. The van der Waals surface area contributed by atoms with E-state index in [1.54, 1.807) is 5.38 Å². The van der Waals surface area contributed by atoms with Crippen molar-refractivity contribution in [2.24, 2.45) is 0 Å². The average molecular weight is 219 g/mol. The summed E-state index contributed by atoms with van der Waals surface area (Å²) in [6.45, 7) is 1.48. The van der Waals surface area contributed by atoms with Gasteiger partial charge in [-0.25, -0.2) is 4.98 Å². The first-order chi connectivity index (χ1) is 6.77. The van der Waals surface area contributed by atoms with Crippen molar-refractivity contribution < 1.29 is 33.5 Å². The molecule has 0 N–H and O–H groups in total. The molecule has 4 nitrogen and oxygen atoms in total. The summed E-state index contributed by atoms with van der Waals surface area (Å²) in [5.41, 5.74) is 0.873. The van der Waals surface area contributed by atoms with Crippen molar-refractivity contribution in [1.29, 1.82) is 0 Å². The summed E-state index contributed by atoms with van der Waals surface area (Å²) in [6, 6.07) is 0. The predicted molar refractivity (Wildman–Crippen MR) is 49.2 cm³/mol. The molecule has 1 aromatic rings. The Bertz CT molecular complexity index is 336. The third-order valence-electron chi connectivity index (χ3n) is 2.34. The molecule has 1 fully saturated rings. The number of carbonyl (C=O) groups is 1. The standard InChI is InChI=1S/C9H11NO3S.Li/c11-9(12)8-10-7(5-14-8)6-1-3-13-4-2-6;/h5-6H,1-4H2,(H,11,12);/q;+1/p-1. The first-order valence-electron chi connectivity index (χ1n) is 4.52. The molecule has 2 rings (SSSR count). The summed E-state index contributed by atoms with van der Waals surface area (Å²) in [5.74, 6) is -0.832. The fourth-order valence-corrected chi connectivity index (χ4v) is 2.29. The normalized spacial score (nSPS) is 17.1. The molecule has 0 spiro atoms. The Kier molecular flexibility index (Phi) is 4.80. The van der Waals surface area contributed by atoms with Crippen molar-refractivity contribution in [2.75, 3.05) is 13.2 Å². The van der Waals surface area contributed by atoms with E-state index in [1.807, 2.05) is 0 Å². The Morgan fingerprint density at radius 3 is 2.73 bits per heavy atom. The molecule has 1 aromatic heterocycles. The van der Waals surface area contributed by atoms with Crippen molar-refractivity contribution in [3.8, 4) is 0 Å². The predicted octanol–water partition coefficient (Wildman–Crippen LogP) is -2.60. The summed E-state index contributed by atoms with van der Waals surface area (Å²) in [7, 11) is 0. The number of ether oxygens (including phenoxy) is 1. The quantitative estimate of drug-likeness (QED) is 0.512. The Hall–Kier alpha value is -0.343. The summed E-state index contributed by atoms with van der Waals surface area (Å²) in [5, 5.41) is 12.4. The first kappa shape index (κ1) is 12.7. The van der Waals surface area contributed by atoms with Gasteiger partial charge in [0.1, 0.15) is 11.0 Å². The molecule has 0 aliphatic carbocycles. The molecule has 0 amide bonds. The van der Waals surface area contributed by atoms with Gasteiger partial charge in [0.25, 0.3) is 0 Å². The molecule has 6 heteroatoms. The van der Waals surface area contributed by atoms with E-state index in [1.165, 1.54) is 0 Å². The second-order valence-electron chi connectivity index (χ2n) is 3.25. The molecule has 0 unspecified atom stereocenters. The van der Waals surface area contributed by atoms with Crippen LogP contribution in [0.3, 0.4) is 0 Å². The number of hydrogen-bond donors (Lipinski definition) is 0. The van der Waals surface area contributed by atoms with Crippen molar-refractivity contribution in [3.63, 3.8) is 0 Å². The monoisotopic (exact) mass is 219 g/mol. The number of thiazole rings is 1. The molecule has 15 heavy (non-hydrogen) atoms. The number of carboxylic acid groups (broad SMARTS) is 1. The van der Waals surface area contributed by atoms with Crippen LogP contribution in [-0.4, -0.2) is 24.2 Å². The number of aromatic carboxylic acids is 1. The summed E-state index contributed by atoms with van der Waals surface area (Å²) in [6.07, 6.45) is 1.85. The Morgan fingerprint density at radius 1 is 1.53 bits per heavy atom. The molecule has 1 aliphatic heterocycles. The number of hydrogen-bond acceptors (Lipinski definition) is 5.